The summed E-state index contributed by atoms with van der Waals surface area (Å²) in [6.07, 6.45) is 0. The Morgan fingerprint density at radius 2 is 1.76 bits per heavy atom. The second-order valence-electron chi connectivity index (χ2n) is 5.79. The average Bonchev–Trinajstić information content (AvgIpc) is 2.46. The molecule has 2 rings (SSSR count). The topological polar surface area (TPSA) is 21.3 Å². The van der Waals surface area contributed by atoms with Crippen LogP contribution in [0, 0.1) is 6.92 Å². The van der Waals surface area contributed by atoms with Gasteiger partial charge in [-0.05, 0) is 55.7 Å². The molecule has 3 heteroatoms. The number of ether oxygens (including phenoxy) is 1. The number of halogens is 1. The molecule has 0 aliphatic rings. The summed E-state index contributed by atoms with van der Waals surface area (Å²) >= 11 is 3.48. The molecule has 2 aromatic rings. The molecule has 0 amide bonds. The molecule has 0 saturated carbocycles. The van der Waals surface area contributed by atoms with Crippen molar-refractivity contribution < 1.29 is 4.74 Å². The molecule has 0 bridgehead atoms. The Hall–Kier alpha value is -1.32. The fourth-order valence-corrected chi connectivity index (χ4v) is 2.61. The predicted octanol–water partition coefficient (Wildman–Crippen LogP) is 4.79. The molecule has 0 atom stereocenters. The standard InChI is InChI=1S/C18H22BrNO/c1-13-11-14(5-10-17(13)21-4)12-20-18(2,3)15-6-8-16(19)9-7-15/h5-11,20H,12H2,1-4H3. The Labute approximate surface area is 135 Å². The van der Waals surface area contributed by atoms with E-state index in [0.717, 1.165) is 16.8 Å². The minimum Gasteiger partial charge on any atom is -0.496 e. The summed E-state index contributed by atoms with van der Waals surface area (Å²) in [4.78, 5) is 0. The van der Waals surface area contributed by atoms with E-state index in [4.69, 9.17) is 4.74 Å². The number of methoxy groups -OCH3 is 1. The largest absolute Gasteiger partial charge is 0.496 e. The van der Waals surface area contributed by atoms with Crippen LogP contribution in [0.2, 0.25) is 0 Å². The van der Waals surface area contributed by atoms with E-state index in [1.807, 2.05) is 6.07 Å². The van der Waals surface area contributed by atoms with Crippen LogP contribution < -0.4 is 10.1 Å². The van der Waals surface area contributed by atoms with Crippen molar-refractivity contribution in [2.24, 2.45) is 0 Å². The molecule has 0 aliphatic heterocycles. The third kappa shape index (κ3) is 4.08. The van der Waals surface area contributed by atoms with Gasteiger partial charge in [-0.1, -0.05) is 40.2 Å². The van der Waals surface area contributed by atoms with Gasteiger partial charge in [-0.15, -0.1) is 0 Å². The summed E-state index contributed by atoms with van der Waals surface area (Å²) in [5, 5.41) is 3.62. The highest BCUT2D eigenvalue weighted by Crippen LogP contribution is 2.24. The smallest absolute Gasteiger partial charge is 0.121 e. The molecule has 21 heavy (non-hydrogen) atoms. The highest BCUT2D eigenvalue weighted by Gasteiger charge is 2.19. The molecule has 0 fully saturated rings. The molecule has 2 aromatic carbocycles. The molecular formula is C18H22BrNO. The van der Waals surface area contributed by atoms with E-state index in [9.17, 15) is 0 Å². The first-order valence-corrected chi connectivity index (χ1v) is 7.86. The second-order valence-corrected chi connectivity index (χ2v) is 6.71. The Balaban J connectivity index is 2.07. The van der Waals surface area contributed by atoms with Crippen molar-refractivity contribution in [2.75, 3.05) is 7.11 Å². The maximum absolute atomic E-state index is 5.30. The first kappa shape index (κ1) is 16.1. The molecular weight excluding hydrogens is 326 g/mol. The van der Waals surface area contributed by atoms with Crippen molar-refractivity contribution in [1.82, 2.24) is 5.32 Å². The zero-order chi connectivity index (χ0) is 15.5. The van der Waals surface area contributed by atoms with Gasteiger partial charge >= 0.3 is 0 Å². The van der Waals surface area contributed by atoms with Crippen LogP contribution in [0.5, 0.6) is 5.75 Å². The van der Waals surface area contributed by atoms with Crippen LogP contribution in [-0.4, -0.2) is 7.11 Å². The number of benzene rings is 2. The zero-order valence-electron chi connectivity index (χ0n) is 13.0. The number of hydrogen-bond donors (Lipinski definition) is 1. The lowest BCUT2D eigenvalue weighted by molar-refractivity contribution is 0.399. The van der Waals surface area contributed by atoms with E-state index < -0.39 is 0 Å². The van der Waals surface area contributed by atoms with Crippen molar-refractivity contribution in [2.45, 2.75) is 32.9 Å². The van der Waals surface area contributed by atoms with Gasteiger partial charge in [-0.2, -0.15) is 0 Å². The molecule has 2 nitrogen and oxygen atoms in total. The predicted molar refractivity (Wildman–Crippen MR) is 91.7 cm³/mol. The van der Waals surface area contributed by atoms with Gasteiger partial charge in [0, 0.05) is 16.6 Å². The lowest BCUT2D eigenvalue weighted by Crippen LogP contribution is -2.35. The highest BCUT2D eigenvalue weighted by molar-refractivity contribution is 9.10. The number of nitrogens with one attached hydrogen (secondary N) is 1. The summed E-state index contributed by atoms with van der Waals surface area (Å²) in [6.45, 7) is 7.30. The van der Waals surface area contributed by atoms with E-state index >= 15 is 0 Å². The number of rotatable bonds is 5. The van der Waals surface area contributed by atoms with Gasteiger partial charge in [0.15, 0.2) is 0 Å². The summed E-state index contributed by atoms with van der Waals surface area (Å²) in [6, 6.07) is 14.8. The lowest BCUT2D eigenvalue weighted by Gasteiger charge is -2.27. The van der Waals surface area contributed by atoms with Gasteiger partial charge < -0.3 is 10.1 Å². The molecule has 0 saturated heterocycles. The molecule has 0 radical (unpaired) electrons. The maximum Gasteiger partial charge on any atom is 0.121 e. The SMILES string of the molecule is COc1ccc(CNC(C)(C)c2ccc(Br)cc2)cc1C. The van der Waals surface area contributed by atoms with Crippen molar-refractivity contribution >= 4 is 15.9 Å². The summed E-state index contributed by atoms with van der Waals surface area (Å²) in [7, 11) is 1.71. The van der Waals surface area contributed by atoms with Gasteiger partial charge in [-0.25, -0.2) is 0 Å². The zero-order valence-corrected chi connectivity index (χ0v) is 14.6. The fourth-order valence-electron chi connectivity index (χ4n) is 2.34. The van der Waals surface area contributed by atoms with Crippen LogP contribution in [-0.2, 0) is 12.1 Å². The van der Waals surface area contributed by atoms with Crippen LogP contribution >= 0.6 is 15.9 Å². The van der Waals surface area contributed by atoms with Gasteiger partial charge in [-0.3, -0.25) is 0 Å². The van der Waals surface area contributed by atoms with Gasteiger partial charge in [0.1, 0.15) is 5.75 Å². The summed E-state index contributed by atoms with van der Waals surface area (Å²) in [5.41, 5.74) is 3.63. The van der Waals surface area contributed by atoms with E-state index in [0.29, 0.717) is 0 Å². The minimum atomic E-state index is -0.0749. The average molecular weight is 348 g/mol. The number of aryl methyl sites for hydroxylation is 1. The quantitative estimate of drug-likeness (QED) is 0.839. The Morgan fingerprint density at radius 1 is 1.10 bits per heavy atom. The van der Waals surface area contributed by atoms with E-state index in [1.165, 1.54) is 16.7 Å². The summed E-state index contributed by atoms with van der Waals surface area (Å²) in [5.74, 6) is 0.936. The van der Waals surface area contributed by atoms with Gasteiger partial charge in [0.05, 0.1) is 7.11 Å². The molecule has 0 aliphatic carbocycles. The van der Waals surface area contributed by atoms with E-state index in [2.05, 4.69) is 78.4 Å². The molecule has 0 spiro atoms. The van der Waals surface area contributed by atoms with Crippen LogP contribution in [0.15, 0.2) is 46.9 Å². The highest BCUT2D eigenvalue weighted by atomic mass is 79.9. The molecule has 0 aromatic heterocycles. The van der Waals surface area contributed by atoms with E-state index in [1.54, 1.807) is 7.11 Å². The van der Waals surface area contributed by atoms with Crippen molar-refractivity contribution in [3.8, 4) is 5.75 Å². The Kier molecular flexibility index (Phi) is 5.07. The van der Waals surface area contributed by atoms with Crippen LogP contribution in [0.25, 0.3) is 0 Å². The van der Waals surface area contributed by atoms with Crippen LogP contribution in [0.1, 0.15) is 30.5 Å². The van der Waals surface area contributed by atoms with E-state index in [-0.39, 0.29) is 5.54 Å². The monoisotopic (exact) mass is 347 g/mol. The second kappa shape index (κ2) is 6.63. The minimum absolute atomic E-state index is 0.0749. The maximum atomic E-state index is 5.30. The van der Waals surface area contributed by atoms with Crippen molar-refractivity contribution in [3.63, 3.8) is 0 Å². The fraction of sp³-hybridized carbons (Fsp3) is 0.333. The molecule has 0 heterocycles. The first-order valence-electron chi connectivity index (χ1n) is 7.07. The van der Waals surface area contributed by atoms with Gasteiger partial charge in [0.25, 0.3) is 0 Å². The molecule has 1 N–H and O–H groups in total. The van der Waals surface area contributed by atoms with Crippen LogP contribution in [0.3, 0.4) is 0 Å². The Morgan fingerprint density at radius 3 is 2.33 bits per heavy atom. The van der Waals surface area contributed by atoms with Crippen molar-refractivity contribution in [1.29, 1.82) is 0 Å². The first-order chi connectivity index (χ1) is 9.92. The molecule has 112 valence electrons. The van der Waals surface area contributed by atoms with Crippen molar-refractivity contribution in [3.05, 3.63) is 63.6 Å². The third-order valence-electron chi connectivity index (χ3n) is 3.76. The number of hydrogen-bond acceptors (Lipinski definition) is 2. The van der Waals surface area contributed by atoms with Gasteiger partial charge in [0.2, 0.25) is 0 Å². The lowest BCUT2D eigenvalue weighted by atomic mass is 9.94. The summed E-state index contributed by atoms with van der Waals surface area (Å²) < 4.78 is 6.41. The van der Waals surface area contributed by atoms with Crippen LogP contribution in [0.4, 0.5) is 0 Å². The normalized spacial score (nSPS) is 11.5. The third-order valence-corrected chi connectivity index (χ3v) is 4.29. The Bertz CT molecular complexity index is 605. The molecule has 0 unspecified atom stereocenters.